The molecule has 0 radical (unpaired) electrons. The number of imide groups is 2. The van der Waals surface area contributed by atoms with E-state index in [2.05, 4.69) is 5.43 Å². The summed E-state index contributed by atoms with van der Waals surface area (Å²) in [7, 11) is 1.47. The first kappa shape index (κ1) is 28.6. The second-order valence-electron chi connectivity index (χ2n) is 11.8. The van der Waals surface area contributed by atoms with Crippen molar-refractivity contribution in [3.05, 3.63) is 105 Å². The van der Waals surface area contributed by atoms with E-state index < -0.39 is 52.6 Å². The van der Waals surface area contributed by atoms with Crippen LogP contribution in [0.4, 0.5) is 10.1 Å². The highest BCUT2D eigenvalue weighted by atomic mass is 35.5. The Balaban J connectivity index is 1.48. The molecule has 0 spiro atoms. The number of hydrogen-bond acceptors (Lipinski definition) is 6. The number of phenols is 1. The fourth-order valence-corrected chi connectivity index (χ4v) is 8.32. The van der Waals surface area contributed by atoms with E-state index >= 15 is 0 Å². The molecule has 3 aromatic carbocycles. The fraction of sp³-hybridized carbons (Fsp3) is 0.273. The van der Waals surface area contributed by atoms with Crippen LogP contribution in [-0.4, -0.2) is 45.7 Å². The molecule has 0 bridgehead atoms. The zero-order valence-electron chi connectivity index (χ0n) is 23.3. The normalized spacial score (nSPS) is 29.4. The number of likely N-dealkylation sites (tertiary alicyclic amines) is 1. The van der Waals surface area contributed by atoms with Crippen molar-refractivity contribution < 1.29 is 28.7 Å². The van der Waals surface area contributed by atoms with Crippen LogP contribution in [0.25, 0.3) is 0 Å². The fourth-order valence-electron chi connectivity index (χ4n) is 7.91. The van der Waals surface area contributed by atoms with Crippen LogP contribution in [0.2, 0.25) is 10.0 Å². The minimum atomic E-state index is -1.54. The third kappa shape index (κ3) is 3.95. The number of nitrogens with one attached hydrogen (secondary N) is 1. The molecule has 0 aromatic heterocycles. The van der Waals surface area contributed by atoms with E-state index in [0.29, 0.717) is 28.3 Å². The second kappa shape index (κ2) is 10.2. The van der Waals surface area contributed by atoms with Crippen LogP contribution in [0.5, 0.6) is 5.75 Å². The highest BCUT2D eigenvalue weighted by Gasteiger charge is 2.70. The summed E-state index contributed by atoms with van der Waals surface area (Å²) >= 11 is 13.1. The van der Waals surface area contributed by atoms with Gasteiger partial charge >= 0.3 is 0 Å². The molecule has 8 nitrogen and oxygen atoms in total. The largest absolute Gasteiger partial charge is 0.508 e. The molecule has 11 heteroatoms. The SMILES string of the molecule is CN1C(=O)C2CC=C3C(CC4C(=O)N(Nc5ccc(F)cc5)C(=O)C4(c4ccc(Cl)cc4)C3c3ccc(O)cc3Cl)C2C1=O. The molecular formula is C33H26Cl2FN3O5. The molecule has 3 aromatic rings. The molecule has 2 saturated heterocycles. The summed E-state index contributed by atoms with van der Waals surface area (Å²) in [6, 6.07) is 16.5. The van der Waals surface area contributed by atoms with E-state index in [4.69, 9.17) is 23.2 Å². The lowest BCUT2D eigenvalue weighted by molar-refractivity contribution is -0.140. The maximum absolute atomic E-state index is 14.9. The van der Waals surface area contributed by atoms with E-state index in [1.54, 1.807) is 30.3 Å². The number of nitrogens with zero attached hydrogens (tertiary/aromatic N) is 2. The average Bonchev–Trinajstić information content (AvgIpc) is 3.35. The maximum Gasteiger partial charge on any atom is 0.260 e. The van der Waals surface area contributed by atoms with Crippen LogP contribution in [0.15, 0.2) is 78.4 Å². The first-order chi connectivity index (χ1) is 21.0. The molecule has 2 aliphatic heterocycles. The number of carbonyl (C=O) groups is 4. The number of anilines is 1. The molecule has 224 valence electrons. The van der Waals surface area contributed by atoms with Crippen LogP contribution in [-0.2, 0) is 24.6 Å². The summed E-state index contributed by atoms with van der Waals surface area (Å²) in [6.45, 7) is 0. The van der Waals surface area contributed by atoms with Crippen molar-refractivity contribution in [2.75, 3.05) is 12.5 Å². The third-order valence-corrected chi connectivity index (χ3v) is 10.4. The van der Waals surface area contributed by atoms with Gasteiger partial charge in [0.25, 0.3) is 11.8 Å². The smallest absolute Gasteiger partial charge is 0.260 e. The predicted octanol–water partition coefficient (Wildman–Crippen LogP) is 5.45. The van der Waals surface area contributed by atoms with Gasteiger partial charge in [-0.15, -0.1) is 0 Å². The van der Waals surface area contributed by atoms with Gasteiger partial charge in [0.05, 0.1) is 28.9 Å². The van der Waals surface area contributed by atoms with Gasteiger partial charge in [0.1, 0.15) is 11.6 Å². The van der Waals surface area contributed by atoms with Crippen molar-refractivity contribution in [1.29, 1.82) is 0 Å². The lowest BCUT2D eigenvalue weighted by atomic mass is 9.49. The number of rotatable bonds is 4. The van der Waals surface area contributed by atoms with Gasteiger partial charge in [-0.25, -0.2) is 4.39 Å². The van der Waals surface area contributed by atoms with Crippen LogP contribution in [0.3, 0.4) is 0 Å². The number of hydrazine groups is 1. The number of benzene rings is 3. The van der Waals surface area contributed by atoms with Crippen LogP contribution in [0, 0.1) is 29.5 Å². The topological polar surface area (TPSA) is 107 Å². The number of allylic oxidation sites excluding steroid dienone is 2. The summed E-state index contributed by atoms with van der Waals surface area (Å²) in [6.07, 6.45) is 2.34. The number of fused-ring (bicyclic) bond motifs is 4. The summed E-state index contributed by atoms with van der Waals surface area (Å²) in [4.78, 5) is 57.1. The number of phenolic OH excluding ortho intramolecular Hbond substituents is 1. The number of hydrogen-bond donors (Lipinski definition) is 2. The highest BCUT2D eigenvalue weighted by Crippen LogP contribution is 2.64. The van der Waals surface area contributed by atoms with Crippen molar-refractivity contribution in [3.8, 4) is 5.75 Å². The Morgan fingerprint density at radius 2 is 1.61 bits per heavy atom. The maximum atomic E-state index is 14.9. The second-order valence-corrected chi connectivity index (χ2v) is 12.7. The number of aromatic hydroxyl groups is 1. The van der Waals surface area contributed by atoms with Crippen LogP contribution in [0.1, 0.15) is 29.9 Å². The van der Waals surface area contributed by atoms with E-state index in [1.807, 2.05) is 6.08 Å². The molecule has 2 aliphatic carbocycles. The molecule has 3 fully saturated rings. The van der Waals surface area contributed by atoms with Crippen LogP contribution < -0.4 is 5.43 Å². The van der Waals surface area contributed by atoms with Crippen LogP contribution >= 0.6 is 23.2 Å². The van der Waals surface area contributed by atoms with Gasteiger partial charge in [0, 0.05) is 23.0 Å². The summed E-state index contributed by atoms with van der Waals surface area (Å²) < 4.78 is 13.7. The number of amides is 4. The van der Waals surface area contributed by atoms with Gasteiger partial charge < -0.3 is 5.11 Å². The minimum Gasteiger partial charge on any atom is -0.508 e. The standard InChI is InChI=1S/C33H26Cl2FN3O5/c1-38-29(41)23-13-12-21-24(27(23)31(38)43)15-25-30(42)39(37-19-8-6-18(36)7-9-19)32(44)33(25,16-2-4-17(34)5-3-16)28(21)22-11-10-20(40)14-26(22)35/h2-12,14,23-25,27-28,37,40H,13,15H2,1H3. The molecule has 44 heavy (non-hydrogen) atoms. The summed E-state index contributed by atoms with van der Waals surface area (Å²) in [5.41, 5.74) is 3.44. The molecule has 7 rings (SSSR count). The first-order valence-electron chi connectivity index (χ1n) is 14.2. The predicted molar refractivity (Wildman–Crippen MR) is 160 cm³/mol. The van der Waals surface area contributed by atoms with Crippen molar-refractivity contribution in [2.24, 2.45) is 23.7 Å². The van der Waals surface area contributed by atoms with Gasteiger partial charge in [-0.05, 0) is 78.4 Å². The molecule has 2 heterocycles. The van der Waals surface area contributed by atoms with E-state index in [9.17, 15) is 28.7 Å². The lowest BCUT2D eigenvalue weighted by Crippen LogP contribution is -2.53. The molecular weight excluding hydrogens is 608 g/mol. The number of carbonyl (C=O) groups excluding carboxylic acids is 4. The molecule has 4 aliphatic rings. The molecule has 2 N–H and O–H groups in total. The van der Waals surface area contributed by atoms with Gasteiger partial charge in [-0.3, -0.25) is 29.5 Å². The van der Waals surface area contributed by atoms with E-state index in [-0.39, 0.29) is 29.0 Å². The Hall–Kier alpha value is -4.21. The lowest BCUT2D eigenvalue weighted by Gasteiger charge is -2.50. The van der Waals surface area contributed by atoms with Gasteiger partial charge in [0.2, 0.25) is 11.8 Å². The molecule has 1 saturated carbocycles. The third-order valence-electron chi connectivity index (χ3n) is 9.77. The van der Waals surface area contributed by atoms with E-state index in [1.165, 1.54) is 43.4 Å². The Morgan fingerprint density at radius 3 is 2.30 bits per heavy atom. The Bertz CT molecular complexity index is 1780. The number of halogens is 3. The van der Waals surface area contributed by atoms with Gasteiger partial charge in [-0.2, -0.15) is 5.01 Å². The average molecular weight is 634 g/mol. The quantitative estimate of drug-likeness (QED) is 0.292. The monoisotopic (exact) mass is 633 g/mol. The Morgan fingerprint density at radius 1 is 0.909 bits per heavy atom. The van der Waals surface area contributed by atoms with Crippen molar-refractivity contribution in [2.45, 2.75) is 24.2 Å². The van der Waals surface area contributed by atoms with Crippen molar-refractivity contribution in [1.82, 2.24) is 9.91 Å². The summed E-state index contributed by atoms with van der Waals surface area (Å²) in [5.74, 6) is -5.83. The van der Waals surface area contributed by atoms with E-state index in [0.717, 1.165) is 15.5 Å². The zero-order valence-corrected chi connectivity index (χ0v) is 24.8. The Labute approximate surface area is 262 Å². The summed E-state index contributed by atoms with van der Waals surface area (Å²) in [5, 5.41) is 11.8. The highest BCUT2D eigenvalue weighted by molar-refractivity contribution is 6.32. The molecule has 6 atom stereocenters. The molecule has 6 unspecified atom stereocenters. The Kier molecular flexibility index (Phi) is 6.60. The van der Waals surface area contributed by atoms with Gasteiger partial charge in [-0.1, -0.05) is 53.1 Å². The molecule has 4 amide bonds. The zero-order chi connectivity index (χ0) is 31.1. The first-order valence-corrected chi connectivity index (χ1v) is 15.0. The van der Waals surface area contributed by atoms with Gasteiger partial charge in [0.15, 0.2) is 0 Å². The minimum absolute atomic E-state index is 0.0764. The van der Waals surface area contributed by atoms with Crippen molar-refractivity contribution in [3.63, 3.8) is 0 Å². The van der Waals surface area contributed by atoms with Crippen molar-refractivity contribution >= 4 is 52.5 Å².